The van der Waals surface area contributed by atoms with Crippen molar-refractivity contribution in [3.05, 3.63) is 12.2 Å². The molecule has 0 aromatic carbocycles. The molecule has 0 amide bonds. The Bertz CT molecular complexity index is 275. The molecule has 1 nitrogen and oxygen atoms in total. The second-order valence-corrected chi connectivity index (χ2v) is 6.76. The van der Waals surface area contributed by atoms with Gasteiger partial charge in [0, 0.05) is 11.8 Å². The second kappa shape index (κ2) is 6.06. The normalized spacial score (nSPS) is 31.7. The van der Waals surface area contributed by atoms with Gasteiger partial charge in [-0.05, 0) is 37.5 Å². The van der Waals surface area contributed by atoms with Gasteiger partial charge in [0.15, 0.2) is 0 Å². The van der Waals surface area contributed by atoms with Crippen LogP contribution in [0.1, 0.15) is 39.0 Å². The molecule has 0 spiro atoms. The zero-order valence-corrected chi connectivity index (χ0v) is 11.6. The van der Waals surface area contributed by atoms with Gasteiger partial charge in [-0.25, -0.2) is 0 Å². The minimum Gasteiger partial charge on any atom is -0.371 e. The summed E-state index contributed by atoms with van der Waals surface area (Å²) in [5.74, 6) is 1.61. The summed E-state index contributed by atoms with van der Waals surface area (Å²) in [6.07, 6.45) is 11.4. The molecule has 16 heavy (non-hydrogen) atoms. The topological polar surface area (TPSA) is 12.0 Å². The Labute approximate surface area is 108 Å². The molecule has 3 aliphatic carbocycles. The summed E-state index contributed by atoms with van der Waals surface area (Å²) in [6, 6.07) is 0. The van der Waals surface area contributed by atoms with Gasteiger partial charge in [-0.3, -0.25) is 0 Å². The first-order chi connectivity index (χ1) is 7.79. The van der Waals surface area contributed by atoms with Gasteiger partial charge < -0.3 is 5.32 Å². The molecule has 0 saturated heterocycles. The summed E-state index contributed by atoms with van der Waals surface area (Å²) in [5.41, 5.74) is 0. The Morgan fingerprint density at radius 3 is 2.88 bits per heavy atom. The molecule has 3 aliphatic rings. The van der Waals surface area contributed by atoms with Crippen LogP contribution in [0.25, 0.3) is 0 Å². The Morgan fingerprint density at radius 2 is 2.31 bits per heavy atom. The van der Waals surface area contributed by atoms with E-state index < -0.39 is 0 Å². The summed E-state index contributed by atoms with van der Waals surface area (Å²) in [7, 11) is 0. The van der Waals surface area contributed by atoms with E-state index in [9.17, 15) is 0 Å². The molecule has 0 aromatic rings. The molecule has 1 N–H and O–H groups in total. The van der Waals surface area contributed by atoms with Crippen molar-refractivity contribution in [1.82, 2.24) is 5.32 Å². The van der Waals surface area contributed by atoms with E-state index in [-0.39, 0.29) is 0 Å². The number of unbranched alkanes of at least 4 members (excludes halogenated alkanes) is 1. The van der Waals surface area contributed by atoms with Crippen molar-refractivity contribution >= 4 is 28.3 Å². The minimum absolute atomic E-state index is 0.741. The second-order valence-electron chi connectivity index (χ2n) is 4.85. The molecule has 0 aromatic heterocycles. The molecule has 0 aliphatic heterocycles. The molecular weight excluding hydrogens is 234 g/mol. The number of nitrogens with one attached hydrogen (secondary N) is 1. The molecule has 3 heteroatoms. The molecule has 0 radical (unpaired) electrons. The lowest BCUT2D eigenvalue weighted by atomic mass is 9.76. The van der Waals surface area contributed by atoms with Crippen LogP contribution in [-0.4, -0.2) is 16.1 Å². The predicted molar refractivity (Wildman–Crippen MR) is 76.9 cm³/mol. The van der Waals surface area contributed by atoms with Crippen molar-refractivity contribution in [3.63, 3.8) is 0 Å². The number of fused-ring (bicyclic) bond motifs is 2. The predicted octanol–water partition coefficient (Wildman–Crippen LogP) is 3.75. The quantitative estimate of drug-likeness (QED) is 0.467. The highest BCUT2D eigenvalue weighted by Crippen LogP contribution is 2.42. The fourth-order valence-electron chi connectivity index (χ4n) is 2.56. The third-order valence-corrected chi connectivity index (χ3v) is 5.21. The zero-order valence-electron chi connectivity index (χ0n) is 9.95. The van der Waals surface area contributed by atoms with Crippen molar-refractivity contribution in [1.29, 1.82) is 0 Å². The summed E-state index contributed by atoms with van der Waals surface area (Å²) < 4.78 is 1.01. The summed E-state index contributed by atoms with van der Waals surface area (Å²) in [6.45, 7) is 3.25. The van der Waals surface area contributed by atoms with E-state index >= 15 is 0 Å². The largest absolute Gasteiger partial charge is 0.371 e. The van der Waals surface area contributed by atoms with E-state index in [1.807, 2.05) is 11.8 Å². The Kier molecular flexibility index (Phi) is 4.71. The highest BCUT2D eigenvalue weighted by Gasteiger charge is 2.32. The summed E-state index contributed by atoms with van der Waals surface area (Å²) >= 11 is 7.29. The number of thiocarbonyl (C=S) groups is 1. The molecular formula is C13H21NS2. The first kappa shape index (κ1) is 12.4. The van der Waals surface area contributed by atoms with Crippen LogP contribution in [0.5, 0.6) is 0 Å². The lowest BCUT2D eigenvalue weighted by Crippen LogP contribution is -2.32. The van der Waals surface area contributed by atoms with Crippen molar-refractivity contribution < 1.29 is 0 Å². The first-order valence-corrected chi connectivity index (χ1v) is 7.71. The van der Waals surface area contributed by atoms with Crippen LogP contribution in [0.3, 0.4) is 0 Å². The number of hydrogen-bond donors (Lipinski definition) is 1. The summed E-state index contributed by atoms with van der Waals surface area (Å²) in [4.78, 5) is 0. The number of rotatable bonds is 4. The van der Waals surface area contributed by atoms with Gasteiger partial charge in [0.05, 0.1) is 0 Å². The van der Waals surface area contributed by atoms with Crippen LogP contribution in [-0.2, 0) is 0 Å². The fraction of sp³-hybridized carbons (Fsp3) is 0.769. The third kappa shape index (κ3) is 3.24. The lowest BCUT2D eigenvalue weighted by molar-refractivity contribution is 0.340. The maximum Gasteiger partial charge on any atom is 0.134 e. The monoisotopic (exact) mass is 255 g/mol. The Morgan fingerprint density at radius 1 is 1.44 bits per heavy atom. The zero-order chi connectivity index (χ0) is 11.4. The van der Waals surface area contributed by atoms with Crippen LogP contribution >= 0.6 is 24.0 Å². The molecule has 3 rings (SSSR count). The van der Waals surface area contributed by atoms with E-state index in [0.29, 0.717) is 0 Å². The van der Waals surface area contributed by atoms with Crippen molar-refractivity contribution in [2.24, 2.45) is 11.8 Å². The maximum absolute atomic E-state index is 5.39. The van der Waals surface area contributed by atoms with Crippen LogP contribution < -0.4 is 5.32 Å². The molecule has 3 unspecified atom stereocenters. The van der Waals surface area contributed by atoms with Crippen molar-refractivity contribution in [3.8, 4) is 0 Å². The van der Waals surface area contributed by atoms with Crippen LogP contribution in [0.4, 0.5) is 0 Å². The van der Waals surface area contributed by atoms with Gasteiger partial charge in [0.2, 0.25) is 0 Å². The van der Waals surface area contributed by atoms with Gasteiger partial charge in [-0.1, -0.05) is 49.5 Å². The Balaban J connectivity index is 1.73. The van der Waals surface area contributed by atoms with Crippen LogP contribution in [0.15, 0.2) is 12.2 Å². The molecule has 0 heterocycles. The lowest BCUT2D eigenvalue weighted by Gasteiger charge is -2.37. The first-order valence-electron chi connectivity index (χ1n) is 6.42. The standard InChI is InChI=1S/C13H21NS2/c1-2-3-8-14-13(15)16-12-9-10-4-6-11(12)7-5-10/h4,6,10-12H,2-3,5,7-9H2,1H3,(H,14,15). The molecule has 90 valence electrons. The SMILES string of the molecule is CCCCNC(=S)SC1CC2C=CC1CC2. The molecule has 3 atom stereocenters. The average Bonchev–Trinajstić information content (AvgIpc) is 2.31. The number of hydrogen-bond acceptors (Lipinski definition) is 2. The van der Waals surface area contributed by atoms with Gasteiger partial charge in [-0.2, -0.15) is 0 Å². The molecule has 2 bridgehead atoms. The van der Waals surface area contributed by atoms with E-state index in [1.165, 1.54) is 32.1 Å². The van der Waals surface area contributed by atoms with Crippen LogP contribution in [0.2, 0.25) is 0 Å². The minimum atomic E-state index is 0.741. The van der Waals surface area contributed by atoms with E-state index in [4.69, 9.17) is 12.2 Å². The van der Waals surface area contributed by atoms with Crippen molar-refractivity contribution in [2.75, 3.05) is 6.54 Å². The maximum atomic E-state index is 5.39. The van der Waals surface area contributed by atoms with Crippen LogP contribution in [0, 0.1) is 11.8 Å². The average molecular weight is 255 g/mol. The van der Waals surface area contributed by atoms with E-state index in [2.05, 4.69) is 24.4 Å². The van der Waals surface area contributed by atoms with E-state index in [0.717, 1.165) is 28.0 Å². The Hall–Kier alpha value is -0.0200. The molecule has 1 saturated carbocycles. The van der Waals surface area contributed by atoms with Gasteiger partial charge in [0.1, 0.15) is 4.32 Å². The van der Waals surface area contributed by atoms with E-state index in [1.54, 1.807) is 0 Å². The number of thioether (sulfide) groups is 1. The number of allylic oxidation sites excluding steroid dienone is 2. The smallest absolute Gasteiger partial charge is 0.134 e. The van der Waals surface area contributed by atoms with Gasteiger partial charge in [0.25, 0.3) is 0 Å². The van der Waals surface area contributed by atoms with Crippen molar-refractivity contribution in [2.45, 2.75) is 44.3 Å². The van der Waals surface area contributed by atoms with Gasteiger partial charge >= 0.3 is 0 Å². The fourth-order valence-corrected chi connectivity index (χ4v) is 4.24. The highest BCUT2D eigenvalue weighted by molar-refractivity contribution is 8.23. The van der Waals surface area contributed by atoms with Gasteiger partial charge in [-0.15, -0.1) is 0 Å². The summed E-state index contributed by atoms with van der Waals surface area (Å²) in [5, 5.41) is 4.10. The highest BCUT2D eigenvalue weighted by atomic mass is 32.2. The molecule has 1 fully saturated rings. The third-order valence-electron chi connectivity index (χ3n) is 3.57.